The molecule has 4 rings (SSSR count). The molecule has 2 amide bonds. The van der Waals surface area contributed by atoms with Crippen molar-refractivity contribution in [3.8, 4) is 11.3 Å². The molecule has 0 aliphatic heterocycles. The smallest absolute Gasteiger partial charge is 0.321 e. The van der Waals surface area contributed by atoms with Gasteiger partial charge in [-0.1, -0.05) is 6.07 Å². The van der Waals surface area contributed by atoms with Crippen LogP contribution in [0.5, 0.6) is 0 Å². The first-order valence-corrected chi connectivity index (χ1v) is 9.47. The molecule has 3 aromatic rings. The standard InChI is InChI=1S/C18H20N6OS/c1-24-11-13(10-21-24)16-12(5-4-8-19-16)9-20-17(25)23-18-22-14-6-2-3-7-15(14)26-18/h4-5,8,10-11H,2-3,6-7,9H2,1H3,(H2,20,22,23,25). The maximum Gasteiger partial charge on any atom is 0.321 e. The van der Waals surface area contributed by atoms with E-state index >= 15 is 0 Å². The zero-order valence-corrected chi connectivity index (χ0v) is 15.3. The van der Waals surface area contributed by atoms with Crippen molar-refractivity contribution in [3.05, 3.63) is 46.9 Å². The largest absolute Gasteiger partial charge is 0.334 e. The van der Waals surface area contributed by atoms with Gasteiger partial charge in [-0.2, -0.15) is 5.10 Å². The molecule has 0 spiro atoms. The third-order valence-corrected chi connectivity index (χ3v) is 5.45. The fourth-order valence-corrected chi connectivity index (χ4v) is 4.15. The van der Waals surface area contributed by atoms with Crippen LogP contribution in [0, 0.1) is 0 Å². The molecule has 0 radical (unpaired) electrons. The Labute approximate surface area is 155 Å². The predicted molar refractivity (Wildman–Crippen MR) is 101 cm³/mol. The number of amides is 2. The molecule has 134 valence electrons. The summed E-state index contributed by atoms with van der Waals surface area (Å²) in [5, 5.41) is 10.6. The van der Waals surface area contributed by atoms with Crippen LogP contribution in [0.1, 0.15) is 29.0 Å². The van der Waals surface area contributed by atoms with E-state index in [0.717, 1.165) is 35.4 Å². The summed E-state index contributed by atoms with van der Waals surface area (Å²) in [6.07, 6.45) is 9.89. The van der Waals surface area contributed by atoms with E-state index in [0.29, 0.717) is 11.7 Å². The molecule has 3 aromatic heterocycles. The monoisotopic (exact) mass is 368 g/mol. The minimum Gasteiger partial charge on any atom is -0.334 e. The van der Waals surface area contributed by atoms with Gasteiger partial charge in [0.05, 0.1) is 17.6 Å². The van der Waals surface area contributed by atoms with Crippen molar-refractivity contribution in [2.45, 2.75) is 32.2 Å². The third kappa shape index (κ3) is 3.60. The number of nitrogens with one attached hydrogen (secondary N) is 2. The van der Waals surface area contributed by atoms with E-state index in [9.17, 15) is 4.79 Å². The number of fused-ring (bicyclic) bond motifs is 1. The minimum atomic E-state index is -0.253. The highest BCUT2D eigenvalue weighted by Crippen LogP contribution is 2.29. The van der Waals surface area contributed by atoms with Crippen LogP contribution in [0.15, 0.2) is 30.7 Å². The summed E-state index contributed by atoms with van der Waals surface area (Å²) >= 11 is 1.58. The molecule has 0 fully saturated rings. The van der Waals surface area contributed by atoms with Crippen LogP contribution >= 0.6 is 11.3 Å². The van der Waals surface area contributed by atoms with E-state index in [1.165, 1.54) is 17.7 Å². The summed E-state index contributed by atoms with van der Waals surface area (Å²) in [6, 6.07) is 3.57. The Hall–Kier alpha value is -2.74. The molecule has 2 N–H and O–H groups in total. The molecule has 3 heterocycles. The molecule has 1 aliphatic carbocycles. The summed E-state index contributed by atoms with van der Waals surface area (Å²) in [5.41, 5.74) is 3.83. The number of hydrogen-bond donors (Lipinski definition) is 2. The summed E-state index contributed by atoms with van der Waals surface area (Å²) in [7, 11) is 1.87. The van der Waals surface area contributed by atoms with E-state index in [-0.39, 0.29) is 6.03 Å². The van der Waals surface area contributed by atoms with Crippen LogP contribution in [-0.2, 0) is 26.4 Å². The minimum absolute atomic E-state index is 0.253. The van der Waals surface area contributed by atoms with Gasteiger partial charge in [-0.3, -0.25) is 15.0 Å². The van der Waals surface area contributed by atoms with Gasteiger partial charge in [0.25, 0.3) is 0 Å². The van der Waals surface area contributed by atoms with Crippen molar-refractivity contribution in [3.63, 3.8) is 0 Å². The molecule has 0 bridgehead atoms. The lowest BCUT2D eigenvalue weighted by atomic mass is 10.0. The van der Waals surface area contributed by atoms with E-state index in [4.69, 9.17) is 0 Å². The van der Waals surface area contributed by atoms with Gasteiger partial charge in [-0.05, 0) is 37.3 Å². The van der Waals surface area contributed by atoms with Crippen LogP contribution in [0.4, 0.5) is 9.93 Å². The number of aromatic nitrogens is 4. The maximum absolute atomic E-state index is 12.3. The quantitative estimate of drug-likeness (QED) is 0.741. The first-order chi connectivity index (χ1) is 12.7. The Bertz CT molecular complexity index is 908. The summed E-state index contributed by atoms with van der Waals surface area (Å²) in [4.78, 5) is 22.5. The number of thiazole rings is 1. The number of nitrogens with zero attached hydrogens (tertiary/aromatic N) is 4. The van der Waals surface area contributed by atoms with Crippen LogP contribution < -0.4 is 10.6 Å². The number of anilines is 1. The van der Waals surface area contributed by atoms with E-state index in [1.54, 1.807) is 28.4 Å². The number of aryl methyl sites for hydroxylation is 3. The Morgan fingerprint density at radius 2 is 2.23 bits per heavy atom. The molecule has 0 unspecified atom stereocenters. The third-order valence-electron chi connectivity index (χ3n) is 4.38. The number of pyridine rings is 1. The van der Waals surface area contributed by atoms with Gasteiger partial charge in [-0.15, -0.1) is 11.3 Å². The number of carbonyl (C=O) groups excluding carboxylic acids is 1. The average Bonchev–Trinajstić information content (AvgIpc) is 3.25. The highest BCUT2D eigenvalue weighted by molar-refractivity contribution is 7.15. The van der Waals surface area contributed by atoms with Crippen molar-refractivity contribution in [2.75, 3.05) is 5.32 Å². The number of hydrogen-bond acceptors (Lipinski definition) is 5. The second-order valence-electron chi connectivity index (χ2n) is 6.32. The molecular weight excluding hydrogens is 348 g/mol. The van der Waals surface area contributed by atoms with E-state index < -0.39 is 0 Å². The molecular formula is C18H20N6OS. The first kappa shape index (κ1) is 16.7. The Kier molecular flexibility index (Phi) is 4.66. The predicted octanol–water partition coefficient (Wildman–Crippen LogP) is 3.14. The molecule has 1 aliphatic rings. The molecule has 0 saturated carbocycles. The summed E-state index contributed by atoms with van der Waals surface area (Å²) in [5.74, 6) is 0. The second-order valence-corrected chi connectivity index (χ2v) is 7.40. The Morgan fingerprint density at radius 1 is 1.35 bits per heavy atom. The highest BCUT2D eigenvalue weighted by Gasteiger charge is 2.16. The summed E-state index contributed by atoms with van der Waals surface area (Å²) < 4.78 is 1.73. The van der Waals surface area contributed by atoms with Gasteiger partial charge in [-0.25, -0.2) is 9.78 Å². The van der Waals surface area contributed by atoms with E-state index in [2.05, 4.69) is 25.7 Å². The first-order valence-electron chi connectivity index (χ1n) is 8.65. The average molecular weight is 368 g/mol. The fourth-order valence-electron chi connectivity index (χ4n) is 3.11. The van der Waals surface area contributed by atoms with Gasteiger partial charge in [0.2, 0.25) is 0 Å². The Balaban J connectivity index is 1.41. The van der Waals surface area contributed by atoms with Crippen molar-refractivity contribution >= 4 is 22.5 Å². The zero-order chi connectivity index (χ0) is 17.9. The lowest BCUT2D eigenvalue weighted by Crippen LogP contribution is -2.28. The molecule has 8 heteroatoms. The highest BCUT2D eigenvalue weighted by atomic mass is 32.1. The van der Waals surface area contributed by atoms with Gasteiger partial charge in [0, 0.05) is 36.4 Å². The lowest BCUT2D eigenvalue weighted by molar-refractivity contribution is 0.251. The fraction of sp³-hybridized carbons (Fsp3) is 0.333. The Morgan fingerprint density at radius 3 is 3.04 bits per heavy atom. The molecule has 7 nitrogen and oxygen atoms in total. The number of urea groups is 1. The van der Waals surface area contributed by atoms with Crippen LogP contribution in [0.2, 0.25) is 0 Å². The molecule has 0 aromatic carbocycles. The van der Waals surface area contributed by atoms with E-state index in [1.807, 2.05) is 25.4 Å². The number of carbonyl (C=O) groups is 1. The van der Waals surface area contributed by atoms with Crippen molar-refractivity contribution in [1.82, 2.24) is 25.1 Å². The van der Waals surface area contributed by atoms with Crippen LogP contribution in [-0.4, -0.2) is 25.8 Å². The van der Waals surface area contributed by atoms with Gasteiger partial charge < -0.3 is 5.32 Å². The zero-order valence-electron chi connectivity index (χ0n) is 14.5. The van der Waals surface area contributed by atoms with Crippen molar-refractivity contribution in [1.29, 1.82) is 0 Å². The van der Waals surface area contributed by atoms with Gasteiger partial charge in [0.1, 0.15) is 0 Å². The van der Waals surface area contributed by atoms with Gasteiger partial charge >= 0.3 is 6.03 Å². The molecule has 26 heavy (non-hydrogen) atoms. The lowest BCUT2D eigenvalue weighted by Gasteiger charge is -2.08. The van der Waals surface area contributed by atoms with Crippen LogP contribution in [0.3, 0.4) is 0 Å². The summed E-state index contributed by atoms with van der Waals surface area (Å²) in [6.45, 7) is 0.384. The normalized spacial score (nSPS) is 13.3. The van der Waals surface area contributed by atoms with Crippen LogP contribution in [0.25, 0.3) is 11.3 Å². The maximum atomic E-state index is 12.3. The number of rotatable bonds is 4. The van der Waals surface area contributed by atoms with Gasteiger partial charge in [0.15, 0.2) is 5.13 Å². The van der Waals surface area contributed by atoms with Crippen molar-refractivity contribution < 1.29 is 4.79 Å². The second kappa shape index (κ2) is 7.25. The molecule has 0 atom stereocenters. The van der Waals surface area contributed by atoms with Crippen molar-refractivity contribution in [2.24, 2.45) is 7.05 Å². The SMILES string of the molecule is Cn1cc(-c2ncccc2CNC(=O)Nc2nc3c(s2)CCCC3)cn1. The topological polar surface area (TPSA) is 84.7 Å². The molecule has 0 saturated heterocycles.